The monoisotopic (exact) mass is 514 g/mol. The van der Waals surface area contributed by atoms with Crippen LogP contribution in [0, 0.1) is 5.92 Å². The normalized spacial score (nSPS) is 13.1. The van der Waals surface area contributed by atoms with Crippen molar-refractivity contribution in [1.29, 1.82) is 0 Å². The minimum Gasteiger partial charge on any atom is -0.480 e. The van der Waals surface area contributed by atoms with Crippen LogP contribution in [-0.4, -0.2) is 78.4 Å². The Morgan fingerprint density at radius 2 is 1.50 bits per heavy atom. The zero-order valence-corrected chi connectivity index (χ0v) is 21.3. The van der Waals surface area contributed by atoms with E-state index in [-0.39, 0.29) is 24.8 Å². The molecule has 0 aliphatic carbocycles. The Morgan fingerprint density at radius 3 is 2.06 bits per heavy atom. The van der Waals surface area contributed by atoms with E-state index in [0.717, 1.165) is 12.8 Å². The lowest BCUT2D eigenvalue weighted by molar-refractivity contribution is -0.142. The molecule has 14 heteroatoms. The molecule has 0 rings (SSSR count). The predicted molar refractivity (Wildman–Crippen MR) is 134 cm³/mol. The van der Waals surface area contributed by atoms with Crippen LogP contribution in [0.5, 0.6) is 0 Å². The number of carbonyl (C=O) groups excluding carboxylic acids is 4. The highest BCUT2D eigenvalue weighted by Crippen LogP contribution is 2.06. The highest BCUT2D eigenvalue weighted by molar-refractivity contribution is 5.93. The number of aliphatic carboxylic acids is 1. The van der Waals surface area contributed by atoms with Crippen LogP contribution >= 0.6 is 0 Å². The van der Waals surface area contributed by atoms with Crippen molar-refractivity contribution in [3.05, 3.63) is 0 Å². The van der Waals surface area contributed by atoms with E-state index < -0.39 is 60.8 Å². The van der Waals surface area contributed by atoms with Crippen molar-refractivity contribution in [2.75, 3.05) is 19.6 Å². The lowest BCUT2D eigenvalue weighted by Crippen LogP contribution is -2.53. The zero-order valence-electron chi connectivity index (χ0n) is 21.3. The number of nitrogens with one attached hydrogen (secondary N) is 4. The van der Waals surface area contributed by atoms with Crippen LogP contribution < -0.4 is 38.5 Å². The van der Waals surface area contributed by atoms with Gasteiger partial charge in [0.2, 0.25) is 23.6 Å². The van der Waals surface area contributed by atoms with Gasteiger partial charge in [-0.25, -0.2) is 4.79 Å². The minimum absolute atomic E-state index is 0.0899. The maximum absolute atomic E-state index is 12.6. The van der Waals surface area contributed by atoms with Gasteiger partial charge in [-0.15, -0.1) is 0 Å². The number of aliphatic imine (C=N–C) groups is 1. The number of nitrogens with two attached hydrogens (primary N) is 3. The van der Waals surface area contributed by atoms with Gasteiger partial charge in [0.25, 0.3) is 0 Å². The van der Waals surface area contributed by atoms with E-state index in [9.17, 15) is 29.1 Å². The van der Waals surface area contributed by atoms with Gasteiger partial charge in [-0.05, 0) is 31.6 Å². The summed E-state index contributed by atoms with van der Waals surface area (Å²) < 4.78 is 0. The Hall–Kier alpha value is -3.42. The maximum atomic E-state index is 12.6. The first-order valence-electron chi connectivity index (χ1n) is 12.0. The van der Waals surface area contributed by atoms with Crippen molar-refractivity contribution in [3.63, 3.8) is 0 Å². The molecule has 0 aromatic heterocycles. The molecular formula is C22H42N8O6. The predicted octanol–water partition coefficient (Wildman–Crippen LogP) is -2.11. The van der Waals surface area contributed by atoms with Crippen molar-refractivity contribution in [2.45, 2.75) is 77.4 Å². The number of unbranched alkanes of at least 4 members (excludes halogenated alkanes) is 1. The van der Waals surface area contributed by atoms with Crippen LogP contribution in [0.15, 0.2) is 4.99 Å². The summed E-state index contributed by atoms with van der Waals surface area (Å²) in [5.41, 5.74) is 16.3. The van der Waals surface area contributed by atoms with Gasteiger partial charge in [0, 0.05) is 6.54 Å². The summed E-state index contributed by atoms with van der Waals surface area (Å²) in [6.07, 6.45) is 2.94. The fraction of sp³-hybridized carbons (Fsp3) is 0.727. The van der Waals surface area contributed by atoms with Gasteiger partial charge in [-0.2, -0.15) is 0 Å². The SMILES string of the molecule is CCCC[C@H](N)C(=O)N[C@@H](CC(C)C)C(=O)NCC(=O)NCC(=O)N[C@@H](CCCN=C(N)N)C(=O)O. The molecule has 14 nitrogen and oxygen atoms in total. The molecule has 0 spiro atoms. The van der Waals surface area contributed by atoms with E-state index in [2.05, 4.69) is 26.3 Å². The van der Waals surface area contributed by atoms with Gasteiger partial charge in [-0.1, -0.05) is 33.6 Å². The summed E-state index contributed by atoms with van der Waals surface area (Å²) in [5, 5.41) is 18.9. The van der Waals surface area contributed by atoms with Crippen molar-refractivity contribution < 1.29 is 29.1 Å². The molecular weight excluding hydrogens is 472 g/mol. The van der Waals surface area contributed by atoms with Gasteiger partial charge in [0.05, 0.1) is 19.1 Å². The zero-order chi connectivity index (χ0) is 27.7. The third-order valence-corrected chi connectivity index (χ3v) is 4.99. The molecule has 0 heterocycles. The standard InChI is InChI=1S/C22H42N8O6/c1-4-5-7-14(23)19(33)30-16(10-13(2)3)20(34)28-11-17(31)27-12-18(32)29-15(21(35)36)8-6-9-26-22(24)25/h13-16H,4-12,23H2,1-3H3,(H,27,31)(H,28,34)(H,29,32)(H,30,33)(H,35,36)(H4,24,25,26)/t14-,15-,16-/m0/s1. The second-order valence-corrected chi connectivity index (χ2v) is 8.84. The molecule has 0 saturated carbocycles. The van der Waals surface area contributed by atoms with E-state index in [1.165, 1.54) is 0 Å². The third-order valence-electron chi connectivity index (χ3n) is 4.99. The Morgan fingerprint density at radius 1 is 0.861 bits per heavy atom. The molecule has 0 aliphatic heterocycles. The van der Waals surface area contributed by atoms with Crippen molar-refractivity contribution in [1.82, 2.24) is 21.3 Å². The first-order valence-corrected chi connectivity index (χ1v) is 12.0. The Labute approximate surface area is 211 Å². The lowest BCUT2D eigenvalue weighted by Gasteiger charge is -2.22. The lowest BCUT2D eigenvalue weighted by atomic mass is 10.0. The summed E-state index contributed by atoms with van der Waals surface area (Å²) in [4.78, 5) is 64.0. The maximum Gasteiger partial charge on any atom is 0.326 e. The Bertz CT molecular complexity index is 770. The summed E-state index contributed by atoms with van der Waals surface area (Å²) in [6, 6.07) is -2.76. The third kappa shape index (κ3) is 15.5. The molecule has 11 N–H and O–H groups in total. The quantitative estimate of drug-likeness (QED) is 0.0565. The van der Waals surface area contributed by atoms with Gasteiger partial charge < -0.3 is 43.6 Å². The first kappa shape index (κ1) is 32.6. The summed E-state index contributed by atoms with van der Waals surface area (Å²) in [6.45, 7) is 5.06. The second kappa shape index (κ2) is 17.9. The highest BCUT2D eigenvalue weighted by atomic mass is 16.4. The number of guanidine groups is 1. The summed E-state index contributed by atoms with van der Waals surface area (Å²) in [7, 11) is 0. The fourth-order valence-corrected chi connectivity index (χ4v) is 3.08. The largest absolute Gasteiger partial charge is 0.480 e. The molecule has 0 saturated heterocycles. The van der Waals surface area contributed by atoms with Crippen molar-refractivity contribution >= 4 is 35.6 Å². The molecule has 3 atom stereocenters. The van der Waals surface area contributed by atoms with Crippen molar-refractivity contribution in [3.8, 4) is 0 Å². The fourth-order valence-electron chi connectivity index (χ4n) is 3.08. The second-order valence-electron chi connectivity index (χ2n) is 8.84. The number of hydrogen-bond acceptors (Lipinski definition) is 7. The van der Waals surface area contributed by atoms with Gasteiger partial charge in [0.15, 0.2) is 5.96 Å². The number of carboxylic acid groups (broad SMARTS) is 1. The molecule has 0 radical (unpaired) electrons. The average molecular weight is 515 g/mol. The van der Waals surface area contributed by atoms with Crippen LogP contribution in [0.1, 0.15) is 59.3 Å². The molecule has 0 unspecified atom stereocenters. The van der Waals surface area contributed by atoms with Crippen molar-refractivity contribution in [2.24, 2.45) is 28.1 Å². The molecule has 0 fully saturated rings. The smallest absolute Gasteiger partial charge is 0.326 e. The van der Waals surface area contributed by atoms with Crippen LogP contribution in [0.2, 0.25) is 0 Å². The molecule has 4 amide bonds. The number of carbonyl (C=O) groups is 5. The van der Waals surface area contributed by atoms with Crippen LogP contribution in [-0.2, 0) is 24.0 Å². The molecule has 0 aromatic carbocycles. The molecule has 36 heavy (non-hydrogen) atoms. The Balaban J connectivity index is 4.63. The minimum atomic E-state index is -1.24. The van der Waals surface area contributed by atoms with E-state index in [1.807, 2.05) is 20.8 Å². The van der Waals surface area contributed by atoms with E-state index in [1.54, 1.807) is 0 Å². The van der Waals surface area contributed by atoms with Gasteiger partial charge in [-0.3, -0.25) is 24.2 Å². The van der Waals surface area contributed by atoms with E-state index in [4.69, 9.17) is 17.2 Å². The molecule has 206 valence electrons. The van der Waals surface area contributed by atoms with Crippen LogP contribution in [0.25, 0.3) is 0 Å². The first-order chi connectivity index (χ1) is 16.9. The molecule has 0 bridgehead atoms. The molecule has 0 aliphatic rings. The van der Waals surface area contributed by atoms with E-state index >= 15 is 0 Å². The highest BCUT2D eigenvalue weighted by Gasteiger charge is 2.25. The number of rotatable bonds is 18. The number of amides is 4. The van der Waals surface area contributed by atoms with E-state index in [0.29, 0.717) is 19.3 Å². The topological polar surface area (TPSA) is 244 Å². The summed E-state index contributed by atoms with van der Waals surface area (Å²) >= 11 is 0. The number of nitrogens with zero attached hydrogens (tertiary/aromatic N) is 1. The number of carboxylic acids is 1. The average Bonchev–Trinajstić information content (AvgIpc) is 2.80. The van der Waals surface area contributed by atoms with Crippen LogP contribution in [0.4, 0.5) is 0 Å². The molecule has 0 aromatic rings. The van der Waals surface area contributed by atoms with Crippen LogP contribution in [0.3, 0.4) is 0 Å². The van der Waals surface area contributed by atoms with Gasteiger partial charge in [0.1, 0.15) is 12.1 Å². The van der Waals surface area contributed by atoms with Gasteiger partial charge >= 0.3 is 5.97 Å². The summed E-state index contributed by atoms with van der Waals surface area (Å²) in [5.74, 6) is -3.62. The number of hydrogen-bond donors (Lipinski definition) is 8. The Kier molecular flexibility index (Phi) is 16.2.